The molecule has 2 aromatic carbocycles. The van der Waals surface area contributed by atoms with Crippen LogP contribution in [0.25, 0.3) is 5.70 Å². The number of benzene rings is 2. The van der Waals surface area contributed by atoms with E-state index in [1.165, 1.54) is 0 Å². The van der Waals surface area contributed by atoms with Gasteiger partial charge in [-0.1, -0.05) is 43.0 Å². The molecule has 0 atom stereocenters. The van der Waals surface area contributed by atoms with Crippen LogP contribution in [0.4, 0.5) is 19.1 Å². The SMILES string of the molecule is C=C1c2ccc(cc2)Cc2nc(nc(OCC(F)(F)F)n2)NCc2ccc(cc2)OCCN2CCN1CC2. The van der Waals surface area contributed by atoms with Crippen molar-refractivity contribution in [2.24, 2.45) is 0 Å². The Morgan fingerprint density at radius 1 is 0.895 bits per heavy atom. The maximum absolute atomic E-state index is 12.8. The molecule has 3 aromatic rings. The molecule has 0 unspecified atom stereocenters. The quantitative estimate of drug-likeness (QED) is 0.537. The van der Waals surface area contributed by atoms with Crippen LogP contribution in [0.2, 0.25) is 0 Å². The van der Waals surface area contributed by atoms with Gasteiger partial charge in [0.15, 0.2) is 6.61 Å². The second-order valence-corrected chi connectivity index (χ2v) is 9.26. The van der Waals surface area contributed by atoms with E-state index in [2.05, 4.69) is 36.6 Å². The third-order valence-corrected chi connectivity index (χ3v) is 6.48. The predicted octanol–water partition coefficient (Wildman–Crippen LogP) is 4.00. The van der Waals surface area contributed by atoms with Crippen molar-refractivity contribution in [2.45, 2.75) is 19.1 Å². The van der Waals surface area contributed by atoms with Gasteiger partial charge in [-0.05, 0) is 28.8 Å². The highest BCUT2D eigenvalue weighted by molar-refractivity contribution is 5.62. The lowest BCUT2D eigenvalue weighted by Gasteiger charge is -2.37. The number of hydrogen-bond donors (Lipinski definition) is 1. The zero-order valence-corrected chi connectivity index (χ0v) is 20.9. The number of nitrogens with one attached hydrogen (secondary N) is 1. The van der Waals surface area contributed by atoms with Gasteiger partial charge in [0.25, 0.3) is 0 Å². The minimum atomic E-state index is -4.50. The summed E-state index contributed by atoms with van der Waals surface area (Å²) in [6.45, 7) is 8.26. The summed E-state index contributed by atoms with van der Waals surface area (Å²) in [6.07, 6.45) is -4.20. The fraction of sp³-hybridized carbons (Fsp3) is 0.370. The van der Waals surface area contributed by atoms with Crippen LogP contribution in [0.3, 0.4) is 0 Å². The topological polar surface area (TPSA) is 75.6 Å². The summed E-state index contributed by atoms with van der Waals surface area (Å²) < 4.78 is 49.0. The number of halogens is 3. The second-order valence-electron chi connectivity index (χ2n) is 9.26. The van der Waals surface area contributed by atoms with E-state index in [9.17, 15) is 13.2 Å². The van der Waals surface area contributed by atoms with Crippen LogP contribution >= 0.6 is 0 Å². The molecule has 200 valence electrons. The van der Waals surface area contributed by atoms with Crippen molar-refractivity contribution in [1.82, 2.24) is 24.8 Å². The van der Waals surface area contributed by atoms with Crippen LogP contribution in [-0.2, 0) is 13.0 Å². The molecule has 6 aliphatic heterocycles. The zero-order valence-electron chi connectivity index (χ0n) is 20.9. The normalized spacial score (nSPS) is 16.9. The first-order chi connectivity index (χ1) is 18.3. The number of ether oxygens (including phenoxy) is 2. The molecular weight excluding hydrogens is 497 g/mol. The van der Waals surface area contributed by atoms with Gasteiger partial charge in [0.05, 0.1) is 0 Å². The highest BCUT2D eigenvalue weighted by Gasteiger charge is 2.29. The van der Waals surface area contributed by atoms with Gasteiger partial charge in [-0.3, -0.25) is 4.90 Å². The Morgan fingerprint density at radius 2 is 1.61 bits per heavy atom. The molecule has 1 N–H and O–H groups in total. The van der Waals surface area contributed by atoms with Crippen molar-refractivity contribution >= 4 is 11.6 Å². The summed E-state index contributed by atoms with van der Waals surface area (Å²) in [6, 6.07) is 15.1. The monoisotopic (exact) mass is 526 g/mol. The van der Waals surface area contributed by atoms with Gasteiger partial charge in [-0.15, -0.1) is 0 Å². The van der Waals surface area contributed by atoms with E-state index < -0.39 is 12.8 Å². The summed E-state index contributed by atoms with van der Waals surface area (Å²) in [5.41, 5.74) is 3.82. The average molecular weight is 527 g/mol. The van der Waals surface area contributed by atoms with Crippen LogP contribution < -0.4 is 14.8 Å². The van der Waals surface area contributed by atoms with Crippen molar-refractivity contribution in [3.8, 4) is 11.8 Å². The van der Waals surface area contributed by atoms with E-state index >= 15 is 0 Å². The summed E-state index contributed by atoms with van der Waals surface area (Å²) in [5, 5.41) is 3.07. The fourth-order valence-corrected chi connectivity index (χ4v) is 4.37. The third-order valence-electron chi connectivity index (χ3n) is 6.48. The fourth-order valence-electron chi connectivity index (χ4n) is 4.37. The number of fused-ring (bicyclic) bond motifs is 1. The molecule has 0 spiro atoms. The lowest BCUT2D eigenvalue weighted by molar-refractivity contribution is -0.154. The van der Waals surface area contributed by atoms with E-state index in [0.717, 1.165) is 60.9 Å². The van der Waals surface area contributed by atoms with Crippen molar-refractivity contribution in [2.75, 3.05) is 51.3 Å². The second kappa shape index (κ2) is 11.3. The molecule has 1 saturated heterocycles. The standard InChI is InChI=1S/C27H29F3N6O2/c1-19-22-6-2-20(3-7-22)16-24-32-25(34-26(33-24)38-18-27(28,29)30)31-17-21-4-8-23(9-5-21)37-15-14-35-10-12-36(19)13-11-35/h2-9H,1,10-18H2,(H,31,32,33,34). The van der Waals surface area contributed by atoms with Crippen LogP contribution in [0.5, 0.6) is 11.8 Å². The summed E-state index contributed by atoms with van der Waals surface area (Å²) in [5.74, 6) is 1.21. The van der Waals surface area contributed by atoms with E-state index in [4.69, 9.17) is 9.47 Å². The molecule has 1 fully saturated rings. The number of piperazine rings is 1. The first-order valence-corrected chi connectivity index (χ1v) is 12.5. The lowest BCUT2D eigenvalue weighted by Crippen LogP contribution is -2.46. The maximum atomic E-state index is 12.8. The lowest BCUT2D eigenvalue weighted by atomic mass is 10.1. The first kappa shape index (κ1) is 25.8. The van der Waals surface area contributed by atoms with Gasteiger partial charge in [-0.2, -0.15) is 28.1 Å². The Bertz CT molecular complexity index is 1240. The molecule has 0 radical (unpaired) electrons. The van der Waals surface area contributed by atoms with Gasteiger partial charge in [0, 0.05) is 51.4 Å². The molecule has 0 amide bonds. The molecule has 9 rings (SSSR count). The zero-order chi connectivity index (χ0) is 26.5. The molecular formula is C27H29F3N6O2. The summed E-state index contributed by atoms with van der Waals surface area (Å²) in [7, 11) is 0. The van der Waals surface area contributed by atoms with Gasteiger partial charge in [-0.25, -0.2) is 0 Å². The van der Waals surface area contributed by atoms with Crippen molar-refractivity contribution in [3.63, 3.8) is 0 Å². The van der Waals surface area contributed by atoms with Crippen LogP contribution in [0.15, 0.2) is 55.1 Å². The van der Waals surface area contributed by atoms with E-state index in [1.807, 2.05) is 48.5 Å². The largest absolute Gasteiger partial charge is 0.492 e. The Morgan fingerprint density at radius 3 is 2.32 bits per heavy atom. The highest BCUT2D eigenvalue weighted by Crippen LogP contribution is 2.22. The van der Waals surface area contributed by atoms with Crippen molar-refractivity contribution in [1.29, 1.82) is 0 Å². The van der Waals surface area contributed by atoms with E-state index in [-0.39, 0.29) is 12.0 Å². The van der Waals surface area contributed by atoms with Crippen LogP contribution in [0.1, 0.15) is 22.5 Å². The van der Waals surface area contributed by atoms with Gasteiger partial charge >= 0.3 is 12.2 Å². The molecule has 11 heteroatoms. The smallest absolute Gasteiger partial charge is 0.422 e. The number of rotatable bonds is 2. The predicted molar refractivity (Wildman–Crippen MR) is 137 cm³/mol. The molecule has 8 nitrogen and oxygen atoms in total. The minimum Gasteiger partial charge on any atom is -0.492 e. The molecule has 0 saturated carbocycles. The number of aromatic nitrogens is 3. The highest BCUT2D eigenvalue weighted by atomic mass is 19.4. The number of nitrogens with zero attached hydrogens (tertiary/aromatic N) is 5. The number of hydrogen-bond acceptors (Lipinski definition) is 8. The summed E-state index contributed by atoms with van der Waals surface area (Å²) in [4.78, 5) is 17.3. The van der Waals surface area contributed by atoms with Crippen molar-refractivity contribution < 1.29 is 22.6 Å². The molecule has 0 aliphatic carbocycles. The number of alkyl halides is 3. The Kier molecular flexibility index (Phi) is 7.64. The van der Waals surface area contributed by atoms with Crippen molar-refractivity contribution in [3.05, 3.63) is 77.6 Å². The maximum Gasteiger partial charge on any atom is 0.422 e. The molecule has 8 bridgehead atoms. The third kappa shape index (κ3) is 6.91. The average Bonchev–Trinajstić information content (AvgIpc) is 2.91. The van der Waals surface area contributed by atoms with Gasteiger partial charge in [0.1, 0.15) is 18.2 Å². The Hall–Kier alpha value is -3.86. The Labute approximate surface area is 219 Å². The number of anilines is 1. The van der Waals surface area contributed by atoms with E-state index in [0.29, 0.717) is 25.4 Å². The minimum absolute atomic E-state index is 0.137. The summed E-state index contributed by atoms with van der Waals surface area (Å²) >= 11 is 0. The van der Waals surface area contributed by atoms with Gasteiger partial charge < -0.3 is 19.7 Å². The Balaban J connectivity index is 1.41. The van der Waals surface area contributed by atoms with Crippen LogP contribution in [-0.4, -0.2) is 76.9 Å². The first-order valence-electron chi connectivity index (χ1n) is 12.5. The van der Waals surface area contributed by atoms with E-state index in [1.54, 1.807) is 0 Å². The molecule has 38 heavy (non-hydrogen) atoms. The molecule has 7 heterocycles. The van der Waals surface area contributed by atoms with Gasteiger partial charge in [0.2, 0.25) is 5.95 Å². The molecule has 1 aromatic heterocycles. The van der Waals surface area contributed by atoms with Crippen LogP contribution in [0, 0.1) is 0 Å². The molecule has 6 aliphatic rings.